The molecule has 2 rings (SSSR count). The molecule has 2 unspecified atom stereocenters. The zero-order chi connectivity index (χ0) is 11.7. The van der Waals surface area contributed by atoms with Crippen LogP contribution in [0.5, 0.6) is 0 Å². The van der Waals surface area contributed by atoms with Gasteiger partial charge < -0.3 is 10.6 Å². The average Bonchev–Trinajstić information content (AvgIpc) is 2.14. The van der Waals surface area contributed by atoms with E-state index in [2.05, 4.69) is 33.7 Å². The lowest BCUT2D eigenvalue weighted by molar-refractivity contribution is 0.353. The summed E-state index contributed by atoms with van der Waals surface area (Å²) in [6, 6.07) is 0. The number of anilines is 2. The molecule has 16 heavy (non-hydrogen) atoms. The zero-order valence-electron chi connectivity index (χ0n) is 9.52. The van der Waals surface area contributed by atoms with Crippen LogP contribution < -0.4 is 10.6 Å². The summed E-state index contributed by atoms with van der Waals surface area (Å²) in [6.45, 7) is 6.36. The number of nitrogens with zero attached hydrogens (tertiary/aromatic N) is 4. The highest BCUT2D eigenvalue weighted by molar-refractivity contribution is 6.28. The molecule has 2 atom stereocenters. The Hall–Kier alpha value is -1.10. The van der Waals surface area contributed by atoms with Crippen molar-refractivity contribution in [2.24, 2.45) is 11.8 Å². The normalized spacial score (nSPS) is 25.8. The van der Waals surface area contributed by atoms with Gasteiger partial charge in [-0.25, -0.2) is 0 Å². The number of hydrogen-bond donors (Lipinski definition) is 1. The van der Waals surface area contributed by atoms with Crippen molar-refractivity contribution in [1.29, 1.82) is 0 Å². The Morgan fingerprint density at radius 3 is 2.38 bits per heavy atom. The van der Waals surface area contributed by atoms with Gasteiger partial charge in [-0.15, -0.1) is 0 Å². The molecule has 2 N–H and O–H groups in total. The predicted molar refractivity (Wildman–Crippen MR) is 64.4 cm³/mol. The Morgan fingerprint density at radius 1 is 1.19 bits per heavy atom. The Balaban J connectivity index is 2.22. The first-order valence-electron chi connectivity index (χ1n) is 5.46. The lowest BCUT2D eigenvalue weighted by Gasteiger charge is -2.34. The van der Waals surface area contributed by atoms with E-state index in [-0.39, 0.29) is 11.2 Å². The van der Waals surface area contributed by atoms with Gasteiger partial charge >= 0.3 is 0 Å². The lowest BCUT2D eigenvalue weighted by Crippen LogP contribution is -2.39. The second-order valence-corrected chi connectivity index (χ2v) is 4.95. The van der Waals surface area contributed by atoms with Crippen LogP contribution in [0, 0.1) is 11.8 Å². The molecule has 0 radical (unpaired) electrons. The maximum atomic E-state index is 5.77. The molecule has 6 heteroatoms. The van der Waals surface area contributed by atoms with Crippen LogP contribution >= 0.6 is 11.6 Å². The first kappa shape index (κ1) is 11.4. The molecule has 0 bridgehead atoms. The maximum Gasteiger partial charge on any atom is 0.231 e. The third-order valence-corrected chi connectivity index (χ3v) is 2.93. The van der Waals surface area contributed by atoms with Crippen LogP contribution in [0.4, 0.5) is 11.9 Å². The molecule has 0 aliphatic carbocycles. The molecule has 1 aromatic rings. The van der Waals surface area contributed by atoms with Crippen LogP contribution in [-0.4, -0.2) is 28.0 Å². The van der Waals surface area contributed by atoms with Gasteiger partial charge in [0.05, 0.1) is 0 Å². The fourth-order valence-electron chi connectivity index (χ4n) is 2.32. The van der Waals surface area contributed by atoms with Crippen LogP contribution in [0.15, 0.2) is 0 Å². The highest BCUT2D eigenvalue weighted by atomic mass is 35.5. The van der Waals surface area contributed by atoms with E-state index < -0.39 is 0 Å². The number of rotatable bonds is 1. The van der Waals surface area contributed by atoms with Gasteiger partial charge in [-0.05, 0) is 29.9 Å². The lowest BCUT2D eigenvalue weighted by atomic mass is 9.92. The first-order chi connectivity index (χ1) is 7.54. The number of hydrogen-bond acceptors (Lipinski definition) is 5. The van der Waals surface area contributed by atoms with Gasteiger partial charge in [-0.3, -0.25) is 0 Å². The summed E-state index contributed by atoms with van der Waals surface area (Å²) >= 11 is 5.77. The molecule has 88 valence electrons. The molecule has 0 aromatic carbocycles. The van der Waals surface area contributed by atoms with Crippen molar-refractivity contribution in [2.75, 3.05) is 23.7 Å². The molecular formula is C10H16ClN5. The standard InChI is InChI=1S/C10H16ClN5/c1-6-3-7(2)5-16(4-6)10-14-8(11)13-9(12)15-10/h6-7H,3-5H2,1-2H3,(H2,12,13,14,15). The predicted octanol–water partition coefficient (Wildman–Crippen LogP) is 1.59. The topological polar surface area (TPSA) is 67.9 Å². The Kier molecular flexibility index (Phi) is 3.14. The molecule has 5 nitrogen and oxygen atoms in total. The maximum absolute atomic E-state index is 5.77. The minimum absolute atomic E-state index is 0.161. The van der Waals surface area contributed by atoms with E-state index in [4.69, 9.17) is 17.3 Å². The second-order valence-electron chi connectivity index (χ2n) is 4.61. The van der Waals surface area contributed by atoms with E-state index in [0.717, 1.165) is 13.1 Å². The zero-order valence-corrected chi connectivity index (χ0v) is 10.3. The molecule has 0 saturated carbocycles. The number of nitrogens with two attached hydrogens (primary N) is 1. The Morgan fingerprint density at radius 2 is 1.81 bits per heavy atom. The van der Waals surface area contributed by atoms with Gasteiger partial charge in [-0.1, -0.05) is 13.8 Å². The van der Waals surface area contributed by atoms with Gasteiger partial charge in [0.15, 0.2) is 0 Å². The smallest absolute Gasteiger partial charge is 0.231 e. The molecule has 0 amide bonds. The van der Waals surface area contributed by atoms with E-state index in [0.29, 0.717) is 17.8 Å². The first-order valence-corrected chi connectivity index (χ1v) is 5.84. The van der Waals surface area contributed by atoms with Gasteiger partial charge in [0.1, 0.15) is 0 Å². The summed E-state index contributed by atoms with van der Waals surface area (Å²) in [7, 11) is 0. The minimum atomic E-state index is 0.161. The number of nitrogen functional groups attached to an aromatic ring is 1. The molecule has 1 fully saturated rings. The van der Waals surface area contributed by atoms with Crippen molar-refractivity contribution in [3.63, 3.8) is 0 Å². The van der Waals surface area contributed by atoms with E-state index in [1.807, 2.05) is 0 Å². The fraction of sp³-hybridized carbons (Fsp3) is 0.700. The fourth-order valence-corrected chi connectivity index (χ4v) is 2.48. The Bertz CT molecular complexity index is 353. The average molecular weight is 242 g/mol. The van der Waals surface area contributed by atoms with Crippen LogP contribution in [0.3, 0.4) is 0 Å². The van der Waals surface area contributed by atoms with Crippen LogP contribution in [0.1, 0.15) is 20.3 Å². The summed E-state index contributed by atoms with van der Waals surface area (Å²) < 4.78 is 0. The minimum Gasteiger partial charge on any atom is -0.368 e. The molecule has 1 aromatic heterocycles. The molecule has 1 aliphatic heterocycles. The van der Waals surface area contributed by atoms with Gasteiger partial charge in [0.25, 0.3) is 0 Å². The van der Waals surface area contributed by atoms with Crippen LogP contribution in [0.25, 0.3) is 0 Å². The summed E-state index contributed by atoms with van der Waals surface area (Å²) in [5.41, 5.74) is 5.56. The van der Waals surface area contributed by atoms with E-state index >= 15 is 0 Å². The van der Waals surface area contributed by atoms with Crippen LogP contribution in [-0.2, 0) is 0 Å². The molecule has 0 spiro atoms. The second kappa shape index (κ2) is 4.41. The number of aromatic nitrogens is 3. The number of halogens is 1. The van der Waals surface area contributed by atoms with Crippen molar-refractivity contribution >= 4 is 23.5 Å². The van der Waals surface area contributed by atoms with Gasteiger partial charge in [0, 0.05) is 13.1 Å². The summed E-state index contributed by atoms with van der Waals surface area (Å²) in [5, 5.41) is 0.161. The monoisotopic (exact) mass is 241 g/mol. The summed E-state index contributed by atoms with van der Waals surface area (Å²) in [5.74, 6) is 2.05. The van der Waals surface area contributed by atoms with Crippen molar-refractivity contribution in [3.05, 3.63) is 5.28 Å². The summed E-state index contributed by atoms with van der Waals surface area (Å²) in [6.07, 6.45) is 1.24. The largest absolute Gasteiger partial charge is 0.368 e. The molecule has 1 aliphatic rings. The van der Waals surface area contributed by atoms with Crippen molar-refractivity contribution < 1.29 is 0 Å². The highest BCUT2D eigenvalue weighted by Gasteiger charge is 2.24. The quantitative estimate of drug-likeness (QED) is 0.809. The van der Waals surface area contributed by atoms with Gasteiger partial charge in [-0.2, -0.15) is 15.0 Å². The number of piperidine rings is 1. The SMILES string of the molecule is CC1CC(C)CN(c2nc(N)nc(Cl)n2)C1. The van der Waals surface area contributed by atoms with Gasteiger partial charge in [0.2, 0.25) is 17.2 Å². The van der Waals surface area contributed by atoms with E-state index in [1.165, 1.54) is 6.42 Å². The van der Waals surface area contributed by atoms with Crippen LogP contribution in [0.2, 0.25) is 5.28 Å². The molecule has 2 heterocycles. The summed E-state index contributed by atoms with van der Waals surface area (Å²) in [4.78, 5) is 14.1. The Labute approximate surface area is 100 Å². The molecular weight excluding hydrogens is 226 g/mol. The van der Waals surface area contributed by atoms with Crippen molar-refractivity contribution in [2.45, 2.75) is 20.3 Å². The van der Waals surface area contributed by atoms with Crippen molar-refractivity contribution in [1.82, 2.24) is 15.0 Å². The molecule has 1 saturated heterocycles. The van der Waals surface area contributed by atoms with E-state index in [1.54, 1.807) is 0 Å². The third kappa shape index (κ3) is 2.52. The third-order valence-electron chi connectivity index (χ3n) is 2.77. The van der Waals surface area contributed by atoms with E-state index in [9.17, 15) is 0 Å². The highest BCUT2D eigenvalue weighted by Crippen LogP contribution is 2.24. The van der Waals surface area contributed by atoms with Crippen molar-refractivity contribution in [3.8, 4) is 0 Å².